The molecule has 0 amide bonds. The van der Waals surface area contributed by atoms with E-state index in [1.165, 1.54) is 12.1 Å². The third-order valence-corrected chi connectivity index (χ3v) is 4.13. The number of aromatic nitrogens is 1. The van der Waals surface area contributed by atoms with Crippen molar-refractivity contribution < 1.29 is 13.5 Å². The van der Waals surface area contributed by atoms with Crippen LogP contribution in [-0.4, -0.2) is 24.6 Å². The van der Waals surface area contributed by atoms with Crippen LogP contribution in [0, 0.1) is 6.92 Å². The highest BCUT2D eigenvalue weighted by molar-refractivity contribution is 14.0. The molecular formula is C15H18ClF2IN4OS. The number of nitrogens with zero attached hydrogens (tertiary/aromatic N) is 2. The van der Waals surface area contributed by atoms with E-state index in [-0.39, 0.29) is 36.3 Å². The molecule has 0 radical (unpaired) electrons. The maximum absolute atomic E-state index is 12.5. The number of benzene rings is 1. The molecule has 138 valence electrons. The average molecular weight is 503 g/mol. The van der Waals surface area contributed by atoms with E-state index < -0.39 is 6.61 Å². The molecule has 10 heteroatoms. The molecule has 1 aromatic carbocycles. The molecule has 1 aromatic heterocycles. The van der Waals surface area contributed by atoms with Crippen molar-refractivity contribution in [1.82, 2.24) is 15.6 Å². The summed E-state index contributed by atoms with van der Waals surface area (Å²) in [5.41, 5.74) is 0.510. The molecule has 0 spiro atoms. The Morgan fingerprint density at radius 2 is 2.08 bits per heavy atom. The van der Waals surface area contributed by atoms with Gasteiger partial charge in [0.05, 0.1) is 6.54 Å². The Balaban J connectivity index is 0.00000312. The predicted molar refractivity (Wildman–Crippen MR) is 107 cm³/mol. The highest BCUT2D eigenvalue weighted by atomic mass is 127. The van der Waals surface area contributed by atoms with E-state index in [0.717, 1.165) is 9.88 Å². The summed E-state index contributed by atoms with van der Waals surface area (Å²) in [5.74, 6) is 0.596. The first-order valence-electron chi connectivity index (χ1n) is 7.07. The first-order valence-corrected chi connectivity index (χ1v) is 8.26. The first kappa shape index (κ1) is 21.8. The topological polar surface area (TPSA) is 58.5 Å². The van der Waals surface area contributed by atoms with Gasteiger partial charge < -0.3 is 15.4 Å². The summed E-state index contributed by atoms with van der Waals surface area (Å²) in [6, 6.07) is 4.49. The number of aliphatic imine (C=N–C) groups is 1. The number of rotatable bonds is 6. The number of thiazole rings is 1. The summed E-state index contributed by atoms with van der Waals surface area (Å²) in [7, 11) is 1.62. The zero-order chi connectivity index (χ0) is 17.5. The predicted octanol–water partition coefficient (Wildman–Crippen LogP) is 4.19. The summed E-state index contributed by atoms with van der Waals surface area (Å²) in [6.07, 6.45) is 1.80. The van der Waals surface area contributed by atoms with E-state index in [1.807, 2.05) is 6.92 Å². The minimum atomic E-state index is -2.89. The summed E-state index contributed by atoms with van der Waals surface area (Å²) < 4.78 is 29.4. The van der Waals surface area contributed by atoms with Crippen LogP contribution in [0.2, 0.25) is 5.02 Å². The van der Waals surface area contributed by atoms with Crippen molar-refractivity contribution in [3.05, 3.63) is 44.9 Å². The van der Waals surface area contributed by atoms with Gasteiger partial charge in [-0.3, -0.25) is 4.99 Å². The van der Waals surface area contributed by atoms with E-state index in [9.17, 15) is 8.78 Å². The molecule has 0 aliphatic rings. The third kappa shape index (κ3) is 7.28. The van der Waals surface area contributed by atoms with Gasteiger partial charge in [0, 0.05) is 35.3 Å². The van der Waals surface area contributed by atoms with E-state index in [1.54, 1.807) is 30.6 Å². The van der Waals surface area contributed by atoms with Crippen molar-refractivity contribution in [2.45, 2.75) is 26.6 Å². The van der Waals surface area contributed by atoms with Crippen LogP contribution in [0.3, 0.4) is 0 Å². The van der Waals surface area contributed by atoms with Crippen molar-refractivity contribution in [2.24, 2.45) is 4.99 Å². The van der Waals surface area contributed by atoms with Crippen molar-refractivity contribution >= 4 is 52.9 Å². The van der Waals surface area contributed by atoms with E-state index in [4.69, 9.17) is 11.6 Å². The molecule has 5 nitrogen and oxygen atoms in total. The Hall–Kier alpha value is -1.20. The van der Waals surface area contributed by atoms with Gasteiger partial charge in [-0.1, -0.05) is 11.6 Å². The van der Waals surface area contributed by atoms with Gasteiger partial charge in [-0.05, 0) is 25.1 Å². The molecule has 25 heavy (non-hydrogen) atoms. The number of alkyl halides is 2. The maximum atomic E-state index is 12.5. The molecule has 0 atom stereocenters. The standard InChI is InChI=1S/C15H17ClF2N4OS.HI/c1-9-6-20-13(24-9)8-22-15(19-2)21-7-10-5-11(16)3-4-12(10)23-14(17)18;/h3-6,14H,7-8H2,1-2H3,(H2,19,21,22);1H. The van der Waals surface area contributed by atoms with Crippen LogP contribution in [0.15, 0.2) is 29.4 Å². The highest BCUT2D eigenvalue weighted by Gasteiger charge is 2.11. The number of aryl methyl sites for hydroxylation is 1. The lowest BCUT2D eigenvalue weighted by Gasteiger charge is -2.14. The smallest absolute Gasteiger partial charge is 0.387 e. The Morgan fingerprint density at radius 3 is 2.68 bits per heavy atom. The van der Waals surface area contributed by atoms with Crippen molar-refractivity contribution in [3.8, 4) is 5.75 Å². The molecule has 0 bridgehead atoms. The van der Waals surface area contributed by atoms with Crippen molar-refractivity contribution in [3.63, 3.8) is 0 Å². The SMILES string of the molecule is CN=C(NCc1ncc(C)s1)NCc1cc(Cl)ccc1OC(F)F.I. The molecule has 0 saturated carbocycles. The molecule has 0 saturated heterocycles. The van der Waals surface area contributed by atoms with E-state index >= 15 is 0 Å². The lowest BCUT2D eigenvalue weighted by molar-refractivity contribution is -0.0504. The number of hydrogen-bond donors (Lipinski definition) is 2. The van der Waals surface area contributed by atoms with Gasteiger partial charge >= 0.3 is 6.61 Å². The van der Waals surface area contributed by atoms with E-state index in [2.05, 4.69) is 25.3 Å². The largest absolute Gasteiger partial charge is 0.434 e. The van der Waals surface area contributed by atoms with Gasteiger partial charge in [0.15, 0.2) is 5.96 Å². The second-order valence-electron chi connectivity index (χ2n) is 4.77. The quantitative estimate of drug-likeness (QED) is 0.353. The molecule has 2 rings (SSSR count). The van der Waals surface area contributed by atoms with Gasteiger partial charge in [-0.15, -0.1) is 35.3 Å². The van der Waals surface area contributed by atoms with Crippen molar-refractivity contribution in [2.75, 3.05) is 7.05 Å². The van der Waals surface area contributed by atoms with Crippen LogP contribution < -0.4 is 15.4 Å². The number of hydrogen-bond acceptors (Lipinski definition) is 4. The molecule has 2 N–H and O–H groups in total. The number of nitrogens with one attached hydrogen (secondary N) is 2. The molecule has 1 heterocycles. The highest BCUT2D eigenvalue weighted by Crippen LogP contribution is 2.24. The molecular weight excluding hydrogens is 485 g/mol. The second-order valence-corrected chi connectivity index (χ2v) is 6.53. The van der Waals surface area contributed by atoms with Crippen LogP contribution in [0.25, 0.3) is 0 Å². The number of guanidine groups is 1. The van der Waals surface area contributed by atoms with Gasteiger partial charge in [-0.2, -0.15) is 8.78 Å². The fourth-order valence-electron chi connectivity index (χ4n) is 1.94. The molecule has 0 aliphatic heterocycles. The molecule has 2 aromatic rings. The summed E-state index contributed by atoms with van der Waals surface area (Å²) >= 11 is 7.51. The third-order valence-electron chi connectivity index (χ3n) is 2.98. The van der Waals surface area contributed by atoms with Crippen LogP contribution >= 0.6 is 46.9 Å². The fraction of sp³-hybridized carbons (Fsp3) is 0.333. The average Bonchev–Trinajstić information content (AvgIpc) is 2.95. The second kappa shape index (κ2) is 10.7. The first-order chi connectivity index (χ1) is 11.5. The number of ether oxygens (including phenoxy) is 1. The Kier molecular flexibility index (Phi) is 9.36. The molecule has 0 unspecified atom stereocenters. The fourth-order valence-corrected chi connectivity index (χ4v) is 2.86. The summed E-state index contributed by atoms with van der Waals surface area (Å²) in [4.78, 5) is 9.47. The lowest BCUT2D eigenvalue weighted by Crippen LogP contribution is -2.36. The zero-order valence-corrected chi connectivity index (χ0v) is 17.5. The zero-order valence-electron chi connectivity index (χ0n) is 13.6. The minimum absolute atomic E-state index is 0. The Labute approximate surface area is 170 Å². The van der Waals surface area contributed by atoms with Crippen LogP contribution in [-0.2, 0) is 13.1 Å². The van der Waals surface area contributed by atoms with Gasteiger partial charge in [0.25, 0.3) is 0 Å². The van der Waals surface area contributed by atoms with Crippen molar-refractivity contribution in [1.29, 1.82) is 0 Å². The van der Waals surface area contributed by atoms with Gasteiger partial charge in [0.2, 0.25) is 0 Å². The van der Waals surface area contributed by atoms with Crippen LogP contribution in [0.5, 0.6) is 5.75 Å². The summed E-state index contributed by atoms with van der Waals surface area (Å²) in [6.45, 7) is -0.152. The van der Waals surface area contributed by atoms with E-state index in [0.29, 0.717) is 23.1 Å². The Morgan fingerprint density at radius 1 is 1.36 bits per heavy atom. The van der Waals surface area contributed by atoms with Crippen LogP contribution in [0.4, 0.5) is 8.78 Å². The Bertz CT molecular complexity index is 715. The van der Waals surface area contributed by atoms with Gasteiger partial charge in [0.1, 0.15) is 10.8 Å². The maximum Gasteiger partial charge on any atom is 0.387 e. The normalized spacial score (nSPS) is 11.2. The lowest BCUT2D eigenvalue weighted by atomic mass is 10.2. The number of halogens is 4. The van der Waals surface area contributed by atoms with Gasteiger partial charge in [-0.25, -0.2) is 4.98 Å². The molecule has 0 fully saturated rings. The monoisotopic (exact) mass is 502 g/mol. The summed E-state index contributed by atoms with van der Waals surface area (Å²) in [5, 5.41) is 7.51. The molecule has 0 aliphatic carbocycles. The van der Waals surface area contributed by atoms with Crippen LogP contribution in [0.1, 0.15) is 15.4 Å². The minimum Gasteiger partial charge on any atom is -0.434 e.